The third-order valence-electron chi connectivity index (χ3n) is 2.05. The van der Waals surface area contributed by atoms with Crippen LogP contribution in [-0.2, 0) is 9.59 Å². The van der Waals surface area contributed by atoms with Crippen molar-refractivity contribution in [3.63, 3.8) is 0 Å². The molecule has 1 amide bonds. The van der Waals surface area contributed by atoms with Gasteiger partial charge < -0.3 is 10.4 Å². The van der Waals surface area contributed by atoms with Gasteiger partial charge in [-0.15, -0.1) is 0 Å². The van der Waals surface area contributed by atoms with E-state index in [9.17, 15) is 9.59 Å². The van der Waals surface area contributed by atoms with E-state index in [2.05, 4.69) is 10.3 Å². The van der Waals surface area contributed by atoms with Crippen molar-refractivity contribution in [3.05, 3.63) is 29.6 Å². The quantitative estimate of drug-likeness (QED) is 0.797. The van der Waals surface area contributed by atoms with Crippen molar-refractivity contribution in [1.29, 1.82) is 0 Å². The molecule has 2 N–H and O–H groups in total. The van der Waals surface area contributed by atoms with E-state index in [0.29, 0.717) is 5.69 Å². The number of aliphatic carboxylic acids is 1. The third kappa shape index (κ3) is 3.68. The van der Waals surface area contributed by atoms with Gasteiger partial charge in [0.05, 0.1) is 18.2 Å². The number of rotatable bonds is 4. The minimum Gasteiger partial charge on any atom is -0.481 e. The van der Waals surface area contributed by atoms with E-state index in [0.717, 1.165) is 5.56 Å². The number of hydrogen-bond acceptors (Lipinski definition) is 3. The number of aryl methyl sites for hydroxylation is 1. The lowest BCUT2D eigenvalue weighted by Gasteiger charge is -2.15. The van der Waals surface area contributed by atoms with E-state index in [-0.39, 0.29) is 12.3 Å². The fourth-order valence-corrected chi connectivity index (χ4v) is 1.33. The van der Waals surface area contributed by atoms with Crippen LogP contribution in [0.25, 0.3) is 0 Å². The molecule has 0 aliphatic rings. The van der Waals surface area contributed by atoms with Crippen molar-refractivity contribution >= 4 is 11.9 Å². The SMILES string of the molecule is CC(=O)N[C@@H](CC(=O)O)c1ccc(C)cn1. The lowest BCUT2D eigenvalue weighted by molar-refractivity contribution is -0.137. The number of carboxylic acids is 1. The highest BCUT2D eigenvalue weighted by Gasteiger charge is 2.17. The van der Waals surface area contributed by atoms with Crippen molar-refractivity contribution in [3.8, 4) is 0 Å². The van der Waals surface area contributed by atoms with Crippen LogP contribution in [0, 0.1) is 6.92 Å². The maximum absolute atomic E-state index is 10.9. The Kier molecular flexibility index (Phi) is 3.99. The van der Waals surface area contributed by atoms with Crippen LogP contribution in [0.2, 0.25) is 0 Å². The second-order valence-corrected chi connectivity index (χ2v) is 3.61. The highest BCUT2D eigenvalue weighted by Crippen LogP contribution is 2.14. The van der Waals surface area contributed by atoms with Gasteiger partial charge in [0, 0.05) is 13.1 Å². The molecule has 0 aliphatic heterocycles. The Labute approximate surface area is 93.5 Å². The molecule has 1 heterocycles. The standard InChI is InChI=1S/C11H14N2O3/c1-7-3-4-9(12-6-7)10(5-11(15)16)13-8(2)14/h3-4,6,10H,5H2,1-2H3,(H,13,14)(H,15,16)/t10-/m0/s1. The average molecular weight is 222 g/mol. The van der Waals surface area contributed by atoms with Crippen molar-refractivity contribution < 1.29 is 14.7 Å². The molecule has 0 radical (unpaired) electrons. The van der Waals surface area contributed by atoms with Gasteiger partial charge in [0.15, 0.2) is 0 Å². The normalized spacial score (nSPS) is 11.9. The number of nitrogens with zero attached hydrogens (tertiary/aromatic N) is 1. The van der Waals surface area contributed by atoms with Crippen LogP contribution < -0.4 is 5.32 Å². The van der Waals surface area contributed by atoms with Crippen molar-refractivity contribution in [2.45, 2.75) is 26.3 Å². The lowest BCUT2D eigenvalue weighted by Crippen LogP contribution is -2.28. The molecule has 0 unspecified atom stereocenters. The zero-order chi connectivity index (χ0) is 12.1. The van der Waals surface area contributed by atoms with Crippen molar-refractivity contribution in [2.75, 3.05) is 0 Å². The Balaban J connectivity index is 2.86. The number of hydrogen-bond donors (Lipinski definition) is 2. The van der Waals surface area contributed by atoms with Gasteiger partial charge >= 0.3 is 5.97 Å². The fraction of sp³-hybridized carbons (Fsp3) is 0.364. The molecule has 0 bridgehead atoms. The minimum absolute atomic E-state index is 0.171. The molecule has 1 aromatic heterocycles. The molecule has 5 heteroatoms. The zero-order valence-electron chi connectivity index (χ0n) is 9.23. The third-order valence-corrected chi connectivity index (χ3v) is 2.05. The maximum atomic E-state index is 10.9. The second-order valence-electron chi connectivity index (χ2n) is 3.61. The fourth-order valence-electron chi connectivity index (χ4n) is 1.33. The summed E-state index contributed by atoms with van der Waals surface area (Å²) < 4.78 is 0. The molecule has 0 fully saturated rings. The molecule has 0 aliphatic carbocycles. The number of amides is 1. The van der Waals surface area contributed by atoms with Gasteiger partial charge in [0.25, 0.3) is 0 Å². The number of pyridine rings is 1. The van der Waals surface area contributed by atoms with Gasteiger partial charge in [0.2, 0.25) is 5.91 Å². The maximum Gasteiger partial charge on any atom is 0.305 e. The van der Waals surface area contributed by atoms with Crippen LogP contribution in [0.4, 0.5) is 0 Å². The van der Waals surface area contributed by atoms with Gasteiger partial charge in [-0.05, 0) is 18.6 Å². The van der Waals surface area contributed by atoms with E-state index in [4.69, 9.17) is 5.11 Å². The van der Waals surface area contributed by atoms with Crippen LogP contribution in [0.15, 0.2) is 18.3 Å². The molecule has 1 atom stereocenters. The average Bonchev–Trinajstić information content (AvgIpc) is 2.16. The van der Waals surface area contributed by atoms with Crippen LogP contribution in [0.3, 0.4) is 0 Å². The molecular weight excluding hydrogens is 208 g/mol. The predicted octanol–water partition coefficient (Wildman–Crippen LogP) is 1.04. The number of carbonyl (C=O) groups excluding carboxylic acids is 1. The first-order chi connectivity index (χ1) is 7.49. The van der Waals surface area contributed by atoms with E-state index >= 15 is 0 Å². The lowest BCUT2D eigenvalue weighted by atomic mass is 10.1. The van der Waals surface area contributed by atoms with Crippen LogP contribution in [0.5, 0.6) is 0 Å². The molecule has 16 heavy (non-hydrogen) atoms. The summed E-state index contributed by atoms with van der Waals surface area (Å²) in [4.78, 5) is 25.7. The summed E-state index contributed by atoms with van der Waals surface area (Å²) in [5, 5.41) is 11.3. The van der Waals surface area contributed by atoms with Gasteiger partial charge in [-0.25, -0.2) is 0 Å². The van der Waals surface area contributed by atoms with E-state index in [1.165, 1.54) is 6.92 Å². The minimum atomic E-state index is -0.971. The Bertz CT molecular complexity index is 371. The second kappa shape index (κ2) is 5.25. The highest BCUT2D eigenvalue weighted by atomic mass is 16.4. The van der Waals surface area contributed by atoms with Gasteiger partial charge in [-0.3, -0.25) is 14.6 Å². The number of nitrogens with one attached hydrogen (secondary N) is 1. The first-order valence-electron chi connectivity index (χ1n) is 4.90. The van der Waals surface area contributed by atoms with Crippen LogP contribution in [-0.4, -0.2) is 22.0 Å². The van der Waals surface area contributed by atoms with E-state index in [1.54, 1.807) is 12.3 Å². The molecule has 0 saturated heterocycles. The highest BCUT2D eigenvalue weighted by molar-refractivity contribution is 5.75. The topological polar surface area (TPSA) is 79.3 Å². The molecule has 5 nitrogen and oxygen atoms in total. The summed E-state index contributed by atoms with van der Waals surface area (Å²) in [7, 11) is 0. The van der Waals surface area contributed by atoms with Gasteiger partial charge in [0.1, 0.15) is 0 Å². The molecule has 0 aromatic carbocycles. The predicted molar refractivity (Wildman–Crippen MR) is 57.8 cm³/mol. The summed E-state index contributed by atoms with van der Waals surface area (Å²) in [5.74, 6) is -1.24. The zero-order valence-corrected chi connectivity index (χ0v) is 9.23. The van der Waals surface area contributed by atoms with E-state index < -0.39 is 12.0 Å². The Hall–Kier alpha value is -1.91. The molecular formula is C11H14N2O3. The Morgan fingerprint density at radius 2 is 2.19 bits per heavy atom. The molecule has 1 aromatic rings. The summed E-state index contributed by atoms with van der Waals surface area (Å²) in [5.41, 5.74) is 1.55. The summed E-state index contributed by atoms with van der Waals surface area (Å²) >= 11 is 0. The Morgan fingerprint density at radius 3 is 2.62 bits per heavy atom. The first kappa shape index (κ1) is 12.2. The summed E-state index contributed by atoms with van der Waals surface area (Å²) in [6, 6.07) is 2.98. The number of aromatic nitrogens is 1. The number of carbonyl (C=O) groups is 2. The van der Waals surface area contributed by atoms with Gasteiger partial charge in [-0.1, -0.05) is 6.07 Å². The van der Waals surface area contributed by atoms with Crippen LogP contribution in [0.1, 0.15) is 30.6 Å². The molecule has 0 saturated carbocycles. The number of carboxylic acid groups (broad SMARTS) is 1. The first-order valence-corrected chi connectivity index (χ1v) is 4.90. The van der Waals surface area contributed by atoms with Gasteiger partial charge in [-0.2, -0.15) is 0 Å². The smallest absolute Gasteiger partial charge is 0.305 e. The van der Waals surface area contributed by atoms with Crippen molar-refractivity contribution in [1.82, 2.24) is 10.3 Å². The van der Waals surface area contributed by atoms with Crippen molar-refractivity contribution in [2.24, 2.45) is 0 Å². The molecule has 86 valence electrons. The largest absolute Gasteiger partial charge is 0.481 e. The molecule has 1 rings (SSSR count). The monoisotopic (exact) mass is 222 g/mol. The van der Waals surface area contributed by atoms with E-state index in [1.807, 2.05) is 13.0 Å². The van der Waals surface area contributed by atoms with Crippen LogP contribution >= 0.6 is 0 Å². The summed E-state index contributed by atoms with van der Waals surface area (Å²) in [6.07, 6.45) is 1.47. The Morgan fingerprint density at radius 1 is 1.50 bits per heavy atom. The summed E-state index contributed by atoms with van der Waals surface area (Å²) in [6.45, 7) is 3.24. The molecule has 0 spiro atoms.